The van der Waals surface area contributed by atoms with Gasteiger partial charge in [-0.3, -0.25) is 4.79 Å². The van der Waals surface area contributed by atoms with Gasteiger partial charge in [-0.25, -0.2) is 12.7 Å². The molecule has 1 N–H and O–H groups in total. The van der Waals surface area contributed by atoms with Crippen LogP contribution < -0.4 is 5.32 Å². The Labute approximate surface area is 173 Å². The molecule has 1 heterocycles. The number of amides is 1. The fourth-order valence-electron chi connectivity index (χ4n) is 2.80. The minimum atomic E-state index is -3.66. The molecule has 2 aromatic rings. The number of benzene rings is 2. The maximum absolute atomic E-state index is 12.8. The summed E-state index contributed by atoms with van der Waals surface area (Å²) in [6.45, 7) is 0. The highest BCUT2D eigenvalue weighted by Crippen LogP contribution is 2.37. The van der Waals surface area contributed by atoms with Crippen molar-refractivity contribution in [3.05, 3.63) is 57.6 Å². The van der Waals surface area contributed by atoms with E-state index in [0.29, 0.717) is 5.02 Å². The summed E-state index contributed by atoms with van der Waals surface area (Å²) < 4.78 is 25.8. The van der Waals surface area contributed by atoms with Crippen molar-refractivity contribution in [2.45, 2.75) is 22.3 Å². The van der Waals surface area contributed by atoms with E-state index >= 15 is 0 Å². The highest BCUT2D eigenvalue weighted by Gasteiger charge is 2.25. The molecule has 2 aromatic carbocycles. The molecule has 0 spiro atoms. The number of hydrogen-bond acceptors (Lipinski definition) is 4. The second kappa shape index (κ2) is 8.01. The molecule has 0 fully saturated rings. The molecule has 0 bridgehead atoms. The third-order valence-corrected chi connectivity index (χ3v) is 7.78. The van der Waals surface area contributed by atoms with Crippen molar-refractivity contribution in [2.24, 2.45) is 0 Å². The van der Waals surface area contributed by atoms with E-state index in [1.807, 2.05) is 18.2 Å². The Bertz CT molecular complexity index is 994. The molecule has 5 nitrogen and oxygen atoms in total. The zero-order valence-electron chi connectivity index (χ0n) is 14.7. The van der Waals surface area contributed by atoms with Gasteiger partial charge < -0.3 is 5.32 Å². The second-order valence-corrected chi connectivity index (χ2v) is 10.4. The van der Waals surface area contributed by atoms with E-state index < -0.39 is 15.9 Å². The number of halogens is 2. The lowest BCUT2D eigenvalue weighted by atomic mass is 10.0. The Morgan fingerprint density at radius 3 is 2.63 bits per heavy atom. The number of carbonyl (C=O) groups excluding carboxylic acids is 1. The van der Waals surface area contributed by atoms with Gasteiger partial charge in [0.15, 0.2) is 0 Å². The van der Waals surface area contributed by atoms with Gasteiger partial charge in [0.1, 0.15) is 0 Å². The summed E-state index contributed by atoms with van der Waals surface area (Å²) in [4.78, 5) is 13.9. The van der Waals surface area contributed by atoms with Crippen LogP contribution >= 0.6 is 35.0 Å². The number of nitrogens with zero attached hydrogens (tertiary/aromatic N) is 1. The van der Waals surface area contributed by atoms with Crippen LogP contribution in [0.25, 0.3) is 0 Å². The van der Waals surface area contributed by atoms with E-state index in [0.717, 1.165) is 26.9 Å². The topological polar surface area (TPSA) is 66.5 Å². The van der Waals surface area contributed by atoms with Crippen LogP contribution in [-0.4, -0.2) is 38.5 Å². The van der Waals surface area contributed by atoms with Crippen LogP contribution in [-0.2, 0) is 10.0 Å². The summed E-state index contributed by atoms with van der Waals surface area (Å²) >= 11 is 14.0. The average Bonchev–Trinajstić information content (AvgIpc) is 2.62. The lowest BCUT2D eigenvalue weighted by Crippen LogP contribution is -2.31. The standard InChI is InChI=1S/C18H18Cl2N2O3S2/c1-22(2)27(24,25)12-4-5-15(20)13(10-12)18(23)21-16-7-8-26-17-6-3-11(19)9-14(16)17/h3-6,9-10,16H,7-8H2,1-2H3,(H,21,23). The molecule has 27 heavy (non-hydrogen) atoms. The van der Waals surface area contributed by atoms with E-state index in [1.54, 1.807) is 11.8 Å². The zero-order valence-corrected chi connectivity index (χ0v) is 17.8. The van der Waals surface area contributed by atoms with Crippen molar-refractivity contribution in [3.63, 3.8) is 0 Å². The van der Waals surface area contributed by atoms with Gasteiger partial charge in [0.05, 0.1) is 21.5 Å². The first-order valence-electron chi connectivity index (χ1n) is 8.15. The van der Waals surface area contributed by atoms with Crippen LogP contribution in [0.5, 0.6) is 0 Å². The molecule has 1 aliphatic rings. The van der Waals surface area contributed by atoms with E-state index in [9.17, 15) is 13.2 Å². The predicted molar refractivity (Wildman–Crippen MR) is 109 cm³/mol. The number of fused-ring (bicyclic) bond motifs is 1. The summed E-state index contributed by atoms with van der Waals surface area (Å²) in [6.07, 6.45) is 0.747. The van der Waals surface area contributed by atoms with Gasteiger partial charge in [-0.1, -0.05) is 23.2 Å². The number of carbonyl (C=O) groups is 1. The Hall–Kier alpha value is -1.25. The van der Waals surface area contributed by atoms with Gasteiger partial charge in [-0.2, -0.15) is 0 Å². The van der Waals surface area contributed by atoms with E-state index in [-0.39, 0.29) is 21.5 Å². The first-order chi connectivity index (χ1) is 12.7. The van der Waals surface area contributed by atoms with Crippen LogP contribution in [0.2, 0.25) is 10.0 Å². The van der Waals surface area contributed by atoms with Crippen LogP contribution in [0.1, 0.15) is 28.4 Å². The lowest BCUT2D eigenvalue weighted by molar-refractivity contribution is 0.0935. The van der Waals surface area contributed by atoms with Crippen molar-refractivity contribution in [1.29, 1.82) is 0 Å². The van der Waals surface area contributed by atoms with Gasteiger partial charge >= 0.3 is 0 Å². The Morgan fingerprint density at radius 1 is 1.19 bits per heavy atom. The van der Waals surface area contributed by atoms with Crippen LogP contribution in [0, 0.1) is 0 Å². The summed E-state index contributed by atoms with van der Waals surface area (Å²) in [6, 6.07) is 9.53. The summed E-state index contributed by atoms with van der Waals surface area (Å²) in [5.74, 6) is 0.446. The van der Waals surface area contributed by atoms with Crippen LogP contribution in [0.3, 0.4) is 0 Å². The first-order valence-corrected chi connectivity index (χ1v) is 11.3. The molecule has 1 amide bonds. The predicted octanol–water partition coefficient (Wildman–Crippen LogP) is 4.21. The van der Waals surface area contributed by atoms with Crippen molar-refractivity contribution in [3.8, 4) is 0 Å². The number of hydrogen-bond donors (Lipinski definition) is 1. The van der Waals surface area contributed by atoms with Crippen molar-refractivity contribution < 1.29 is 13.2 Å². The Morgan fingerprint density at radius 2 is 1.93 bits per heavy atom. The fraction of sp³-hybridized carbons (Fsp3) is 0.278. The maximum Gasteiger partial charge on any atom is 0.253 e. The van der Waals surface area contributed by atoms with Gasteiger partial charge in [0.25, 0.3) is 5.91 Å². The highest BCUT2D eigenvalue weighted by molar-refractivity contribution is 7.99. The van der Waals surface area contributed by atoms with Crippen molar-refractivity contribution in [1.82, 2.24) is 9.62 Å². The normalized spacial score (nSPS) is 16.9. The first kappa shape index (κ1) is 20.5. The molecule has 1 aliphatic heterocycles. The van der Waals surface area contributed by atoms with Crippen LogP contribution in [0.15, 0.2) is 46.2 Å². The maximum atomic E-state index is 12.8. The molecule has 0 saturated carbocycles. The molecular weight excluding hydrogens is 427 g/mol. The number of nitrogens with one attached hydrogen (secondary N) is 1. The smallest absolute Gasteiger partial charge is 0.253 e. The minimum absolute atomic E-state index is 0.0182. The van der Waals surface area contributed by atoms with Gasteiger partial charge in [0, 0.05) is 29.8 Å². The molecule has 0 saturated heterocycles. The molecule has 144 valence electrons. The molecule has 1 atom stereocenters. The van der Waals surface area contributed by atoms with Gasteiger partial charge in [-0.15, -0.1) is 11.8 Å². The third-order valence-electron chi connectivity index (χ3n) is 4.28. The molecule has 0 aliphatic carbocycles. The number of sulfonamides is 1. The monoisotopic (exact) mass is 444 g/mol. The molecule has 9 heteroatoms. The van der Waals surface area contributed by atoms with Gasteiger partial charge in [0.2, 0.25) is 10.0 Å². The Balaban J connectivity index is 1.91. The zero-order chi connectivity index (χ0) is 19.8. The largest absolute Gasteiger partial charge is 0.345 e. The molecule has 0 radical (unpaired) electrons. The second-order valence-electron chi connectivity index (χ2n) is 6.27. The fourth-order valence-corrected chi connectivity index (χ4v) is 5.22. The van der Waals surface area contributed by atoms with Crippen LogP contribution in [0.4, 0.5) is 0 Å². The average molecular weight is 445 g/mol. The summed E-state index contributed by atoms with van der Waals surface area (Å²) in [7, 11) is -0.794. The summed E-state index contributed by atoms with van der Waals surface area (Å²) in [5, 5.41) is 3.76. The third kappa shape index (κ3) is 4.27. The van der Waals surface area contributed by atoms with E-state index in [2.05, 4.69) is 5.32 Å². The minimum Gasteiger partial charge on any atom is -0.345 e. The quantitative estimate of drug-likeness (QED) is 0.766. The lowest BCUT2D eigenvalue weighted by Gasteiger charge is -2.26. The van der Waals surface area contributed by atoms with E-state index in [1.165, 1.54) is 32.3 Å². The molecule has 1 unspecified atom stereocenters. The van der Waals surface area contributed by atoms with Gasteiger partial charge in [-0.05, 0) is 48.4 Å². The number of thioether (sulfide) groups is 1. The Kier molecular flexibility index (Phi) is 6.08. The molecule has 0 aromatic heterocycles. The highest BCUT2D eigenvalue weighted by atomic mass is 35.5. The SMILES string of the molecule is CN(C)S(=O)(=O)c1ccc(Cl)c(C(=O)NC2CCSc3ccc(Cl)cc32)c1. The molecule has 3 rings (SSSR count). The van der Waals surface area contributed by atoms with Crippen molar-refractivity contribution in [2.75, 3.05) is 19.8 Å². The van der Waals surface area contributed by atoms with Crippen molar-refractivity contribution >= 4 is 50.9 Å². The molecular formula is C18H18Cl2N2O3S2. The number of rotatable bonds is 4. The van der Waals surface area contributed by atoms with E-state index in [4.69, 9.17) is 23.2 Å². The summed E-state index contributed by atoms with van der Waals surface area (Å²) in [5.41, 5.74) is 1.08.